The van der Waals surface area contributed by atoms with E-state index in [1.165, 1.54) is 16.4 Å². The van der Waals surface area contributed by atoms with Gasteiger partial charge in [0, 0.05) is 11.8 Å². The highest BCUT2D eigenvalue weighted by molar-refractivity contribution is 7.92. The Morgan fingerprint density at radius 3 is 2.00 bits per heavy atom. The molecular weight excluding hydrogens is 472 g/mol. The number of benzene rings is 3. The van der Waals surface area contributed by atoms with E-state index in [1.54, 1.807) is 43.3 Å². The van der Waals surface area contributed by atoms with Gasteiger partial charge in [0.15, 0.2) is 9.84 Å². The van der Waals surface area contributed by atoms with Gasteiger partial charge in [-0.05, 0) is 66.9 Å². The molecule has 0 heterocycles. The number of amides is 1. The molecule has 9 heteroatoms. The van der Waals surface area contributed by atoms with Crippen molar-refractivity contribution in [2.24, 2.45) is 0 Å². The van der Waals surface area contributed by atoms with E-state index in [4.69, 9.17) is 0 Å². The van der Waals surface area contributed by atoms with Crippen LogP contribution < -0.4 is 9.62 Å². The smallest absolute Gasteiger partial charge is 0.251 e. The highest BCUT2D eigenvalue weighted by atomic mass is 32.2. The second kappa shape index (κ2) is 9.99. The van der Waals surface area contributed by atoms with E-state index in [0.29, 0.717) is 11.3 Å². The van der Waals surface area contributed by atoms with Gasteiger partial charge in [-0.2, -0.15) is 0 Å². The van der Waals surface area contributed by atoms with Crippen LogP contribution in [0.3, 0.4) is 0 Å². The highest BCUT2D eigenvalue weighted by Gasteiger charge is 2.20. The molecule has 0 aromatic heterocycles. The normalized spacial score (nSPS) is 12.7. The van der Waals surface area contributed by atoms with Gasteiger partial charge in [-0.25, -0.2) is 16.8 Å². The number of hydrogen-bond donors (Lipinski definition) is 1. The fourth-order valence-electron chi connectivity index (χ4n) is 3.49. The summed E-state index contributed by atoms with van der Waals surface area (Å²) >= 11 is 0. The van der Waals surface area contributed by atoms with Crippen LogP contribution in [0.1, 0.15) is 40.0 Å². The lowest BCUT2D eigenvalue weighted by Gasteiger charge is -2.23. The molecule has 0 saturated heterocycles. The summed E-state index contributed by atoms with van der Waals surface area (Å²) in [5.41, 5.74) is 3.49. The first-order chi connectivity index (χ1) is 15.9. The van der Waals surface area contributed by atoms with Crippen LogP contribution in [0.5, 0.6) is 0 Å². The number of anilines is 1. The third-order valence-corrected chi connectivity index (χ3v) is 7.82. The van der Waals surface area contributed by atoms with Gasteiger partial charge in [0.25, 0.3) is 5.91 Å². The lowest BCUT2D eigenvalue weighted by atomic mass is 10.1. The minimum atomic E-state index is -3.55. The van der Waals surface area contributed by atoms with Gasteiger partial charge in [0.05, 0.1) is 29.4 Å². The van der Waals surface area contributed by atoms with E-state index in [1.807, 2.05) is 31.2 Å². The van der Waals surface area contributed by atoms with Crippen molar-refractivity contribution < 1.29 is 21.6 Å². The van der Waals surface area contributed by atoms with Crippen LogP contribution in [0.25, 0.3) is 0 Å². The number of rotatable bonds is 8. The zero-order valence-corrected chi connectivity index (χ0v) is 21.2. The van der Waals surface area contributed by atoms with Crippen LogP contribution in [-0.4, -0.2) is 35.3 Å². The predicted molar refractivity (Wildman–Crippen MR) is 134 cm³/mol. The second-order valence-electron chi connectivity index (χ2n) is 8.28. The van der Waals surface area contributed by atoms with Gasteiger partial charge in [0.2, 0.25) is 10.0 Å². The van der Waals surface area contributed by atoms with Gasteiger partial charge < -0.3 is 5.32 Å². The molecule has 3 aromatic carbocycles. The van der Waals surface area contributed by atoms with Crippen molar-refractivity contribution in [2.45, 2.75) is 31.3 Å². The molecule has 0 saturated carbocycles. The first-order valence-corrected chi connectivity index (χ1v) is 14.3. The predicted octanol–water partition coefficient (Wildman–Crippen LogP) is 3.86. The van der Waals surface area contributed by atoms with Crippen molar-refractivity contribution >= 4 is 31.5 Å². The Balaban J connectivity index is 1.75. The molecule has 0 radical (unpaired) electrons. The molecule has 0 aliphatic heterocycles. The average Bonchev–Trinajstić information content (AvgIpc) is 2.77. The Hall–Kier alpha value is -3.17. The minimum absolute atomic E-state index is 0.192. The van der Waals surface area contributed by atoms with Crippen molar-refractivity contribution in [3.63, 3.8) is 0 Å². The third-order valence-electron chi connectivity index (χ3n) is 5.55. The van der Waals surface area contributed by atoms with Crippen LogP contribution in [0.4, 0.5) is 5.69 Å². The summed E-state index contributed by atoms with van der Waals surface area (Å²) in [6.45, 7) is 3.92. The average molecular weight is 501 g/mol. The van der Waals surface area contributed by atoms with Crippen molar-refractivity contribution in [1.29, 1.82) is 0 Å². The molecule has 34 heavy (non-hydrogen) atoms. The molecule has 1 N–H and O–H groups in total. The van der Waals surface area contributed by atoms with Gasteiger partial charge in [-0.3, -0.25) is 9.10 Å². The topological polar surface area (TPSA) is 101 Å². The quantitative estimate of drug-likeness (QED) is 0.506. The van der Waals surface area contributed by atoms with Crippen molar-refractivity contribution in [1.82, 2.24) is 5.32 Å². The summed E-state index contributed by atoms with van der Waals surface area (Å²) in [7, 11) is -6.83. The number of nitrogens with zero attached hydrogens (tertiary/aromatic N) is 1. The maximum absolute atomic E-state index is 12.7. The van der Waals surface area contributed by atoms with Crippen molar-refractivity contribution in [2.75, 3.05) is 16.8 Å². The molecule has 1 amide bonds. The zero-order valence-electron chi connectivity index (χ0n) is 19.5. The van der Waals surface area contributed by atoms with E-state index in [9.17, 15) is 21.6 Å². The third kappa shape index (κ3) is 6.24. The Morgan fingerprint density at radius 1 is 0.882 bits per heavy atom. The van der Waals surface area contributed by atoms with E-state index < -0.39 is 19.9 Å². The number of sulfone groups is 1. The SMILES string of the molecule is Cc1ccccc1CN(c1ccc(C(=O)N[C@@H](C)c2ccc(S(C)(=O)=O)cc2)cc1)S(C)(=O)=O. The Bertz CT molecular complexity index is 1380. The summed E-state index contributed by atoms with van der Waals surface area (Å²) in [5, 5.41) is 2.88. The Kier molecular flexibility index (Phi) is 7.48. The lowest BCUT2D eigenvalue weighted by Crippen LogP contribution is -2.30. The van der Waals surface area contributed by atoms with Crippen molar-refractivity contribution in [3.8, 4) is 0 Å². The van der Waals surface area contributed by atoms with Crippen molar-refractivity contribution in [3.05, 3.63) is 95.1 Å². The standard InChI is InChI=1S/C25H28N2O5S2/c1-18-7-5-6-8-22(18)17-27(34(4,31)32)23-13-9-21(10-14-23)25(28)26-19(2)20-11-15-24(16-12-20)33(3,29)30/h5-16,19H,17H2,1-4H3,(H,26,28)/t19-/m0/s1. The summed E-state index contributed by atoms with van der Waals surface area (Å²) in [4.78, 5) is 12.9. The van der Waals surface area contributed by atoms with Crippen LogP contribution in [-0.2, 0) is 26.4 Å². The number of nitrogens with one attached hydrogen (secondary N) is 1. The first kappa shape index (κ1) is 25.5. The summed E-state index contributed by atoms with van der Waals surface area (Å²) in [6, 6.07) is 20.0. The number of sulfonamides is 1. The molecule has 180 valence electrons. The zero-order chi connectivity index (χ0) is 25.1. The highest BCUT2D eigenvalue weighted by Crippen LogP contribution is 2.23. The largest absolute Gasteiger partial charge is 0.346 e. The summed E-state index contributed by atoms with van der Waals surface area (Å²) in [6.07, 6.45) is 2.30. The summed E-state index contributed by atoms with van der Waals surface area (Å²) < 4.78 is 49.5. The van der Waals surface area contributed by atoms with E-state index in [-0.39, 0.29) is 23.4 Å². The van der Waals surface area contributed by atoms with Gasteiger partial charge >= 0.3 is 0 Å². The molecule has 0 aliphatic carbocycles. The van der Waals surface area contributed by atoms with Gasteiger partial charge in [-0.15, -0.1) is 0 Å². The van der Waals surface area contributed by atoms with Gasteiger partial charge in [-0.1, -0.05) is 36.4 Å². The molecule has 0 unspecified atom stereocenters. The molecular formula is C25H28N2O5S2. The molecule has 0 spiro atoms. The number of aryl methyl sites for hydroxylation is 1. The number of carbonyl (C=O) groups excluding carboxylic acids is 1. The Morgan fingerprint density at radius 2 is 1.47 bits per heavy atom. The maximum atomic E-state index is 12.7. The monoisotopic (exact) mass is 500 g/mol. The molecule has 0 bridgehead atoms. The summed E-state index contributed by atoms with van der Waals surface area (Å²) in [5.74, 6) is -0.323. The van der Waals surface area contributed by atoms with E-state index >= 15 is 0 Å². The molecule has 3 aromatic rings. The van der Waals surface area contributed by atoms with Gasteiger partial charge in [0.1, 0.15) is 0 Å². The fraction of sp³-hybridized carbons (Fsp3) is 0.240. The van der Waals surface area contributed by atoms with Crippen LogP contribution in [0.15, 0.2) is 77.7 Å². The first-order valence-electron chi connectivity index (χ1n) is 10.6. The lowest BCUT2D eigenvalue weighted by molar-refractivity contribution is 0.0940. The minimum Gasteiger partial charge on any atom is -0.346 e. The second-order valence-corrected chi connectivity index (χ2v) is 12.2. The van der Waals surface area contributed by atoms with E-state index in [0.717, 1.165) is 29.2 Å². The molecule has 7 nitrogen and oxygen atoms in total. The number of hydrogen-bond acceptors (Lipinski definition) is 5. The van der Waals surface area contributed by atoms with Crippen LogP contribution in [0, 0.1) is 6.92 Å². The van der Waals surface area contributed by atoms with Crippen LogP contribution in [0.2, 0.25) is 0 Å². The molecule has 3 rings (SSSR count). The molecule has 1 atom stereocenters. The fourth-order valence-corrected chi connectivity index (χ4v) is 5.00. The Labute approximate surface area is 201 Å². The maximum Gasteiger partial charge on any atom is 0.251 e. The molecule has 0 fully saturated rings. The van der Waals surface area contributed by atoms with Crippen LogP contribution >= 0.6 is 0 Å². The molecule has 0 aliphatic rings. The van der Waals surface area contributed by atoms with E-state index in [2.05, 4.69) is 5.32 Å². The number of carbonyl (C=O) groups is 1.